The molecule has 3 amide bonds. The summed E-state index contributed by atoms with van der Waals surface area (Å²) in [5.74, 6) is 1.16. The van der Waals surface area contributed by atoms with Gasteiger partial charge in [0, 0.05) is 31.0 Å². The normalized spacial score (nSPS) is 13.8. The molecule has 0 radical (unpaired) electrons. The van der Waals surface area contributed by atoms with Gasteiger partial charge in [-0.1, -0.05) is 50.2 Å². The van der Waals surface area contributed by atoms with Crippen LogP contribution in [0.3, 0.4) is 0 Å². The standard InChI is InChI=1S/C29H33N3O3/c1-21(2)24-9-5-23(6-10-24)20-31-17-4-18-32(29(31)34)26-13-11-25(12-14-26)30-28(33)19-22-7-15-27(35-3)16-8-22/h5-16,21H,4,17-20H2,1-3H3,(H,30,33). The van der Waals surface area contributed by atoms with E-state index < -0.39 is 0 Å². The Morgan fingerprint density at radius 1 is 0.914 bits per heavy atom. The van der Waals surface area contributed by atoms with Gasteiger partial charge in [0.05, 0.1) is 13.5 Å². The number of hydrogen-bond donors (Lipinski definition) is 1. The van der Waals surface area contributed by atoms with E-state index in [1.807, 2.05) is 58.3 Å². The number of nitrogens with zero attached hydrogens (tertiary/aromatic N) is 2. The highest BCUT2D eigenvalue weighted by Gasteiger charge is 2.26. The molecule has 0 unspecified atom stereocenters. The number of carbonyl (C=O) groups is 2. The van der Waals surface area contributed by atoms with E-state index in [1.165, 1.54) is 5.56 Å². The van der Waals surface area contributed by atoms with Gasteiger partial charge in [-0.3, -0.25) is 9.69 Å². The molecule has 0 bridgehead atoms. The van der Waals surface area contributed by atoms with Crippen LogP contribution in [0.2, 0.25) is 0 Å². The summed E-state index contributed by atoms with van der Waals surface area (Å²) in [6.45, 7) is 6.40. The van der Waals surface area contributed by atoms with Gasteiger partial charge in [0.15, 0.2) is 0 Å². The fourth-order valence-corrected chi connectivity index (χ4v) is 4.25. The van der Waals surface area contributed by atoms with Crippen LogP contribution in [-0.2, 0) is 17.8 Å². The summed E-state index contributed by atoms with van der Waals surface area (Å²) in [5.41, 5.74) is 4.90. The van der Waals surface area contributed by atoms with Crippen molar-refractivity contribution >= 4 is 23.3 Å². The minimum absolute atomic E-state index is 0.0143. The van der Waals surface area contributed by atoms with Crippen LogP contribution in [0.1, 0.15) is 42.9 Å². The molecular formula is C29H33N3O3. The van der Waals surface area contributed by atoms with E-state index in [2.05, 4.69) is 43.4 Å². The molecule has 1 aliphatic rings. The van der Waals surface area contributed by atoms with Crippen molar-refractivity contribution in [1.82, 2.24) is 4.90 Å². The lowest BCUT2D eigenvalue weighted by molar-refractivity contribution is -0.115. The van der Waals surface area contributed by atoms with Crippen LogP contribution in [0.25, 0.3) is 0 Å². The van der Waals surface area contributed by atoms with Crippen LogP contribution in [-0.4, -0.2) is 37.0 Å². The number of rotatable bonds is 8. The quantitative estimate of drug-likeness (QED) is 0.449. The number of methoxy groups -OCH3 is 1. The number of urea groups is 1. The summed E-state index contributed by atoms with van der Waals surface area (Å²) >= 11 is 0. The van der Waals surface area contributed by atoms with E-state index in [-0.39, 0.29) is 18.4 Å². The van der Waals surface area contributed by atoms with Gasteiger partial charge >= 0.3 is 6.03 Å². The summed E-state index contributed by atoms with van der Waals surface area (Å²) in [7, 11) is 1.62. The molecule has 1 fully saturated rings. The molecule has 1 saturated heterocycles. The van der Waals surface area contributed by atoms with Crippen molar-refractivity contribution in [2.75, 3.05) is 30.4 Å². The number of carbonyl (C=O) groups excluding carboxylic acids is 2. The average molecular weight is 472 g/mol. The Kier molecular flexibility index (Phi) is 7.70. The van der Waals surface area contributed by atoms with Crippen molar-refractivity contribution in [3.05, 3.63) is 89.5 Å². The molecule has 3 aromatic carbocycles. The highest BCUT2D eigenvalue weighted by atomic mass is 16.5. The van der Waals surface area contributed by atoms with E-state index >= 15 is 0 Å². The van der Waals surface area contributed by atoms with Crippen molar-refractivity contribution in [3.63, 3.8) is 0 Å². The fraction of sp³-hybridized carbons (Fsp3) is 0.310. The third-order valence-electron chi connectivity index (χ3n) is 6.32. The Morgan fingerprint density at radius 2 is 1.57 bits per heavy atom. The Labute approximate surface area is 207 Å². The van der Waals surface area contributed by atoms with Crippen LogP contribution in [0.15, 0.2) is 72.8 Å². The number of amides is 3. The molecule has 6 nitrogen and oxygen atoms in total. The van der Waals surface area contributed by atoms with Crippen LogP contribution < -0.4 is 15.0 Å². The van der Waals surface area contributed by atoms with Gasteiger partial charge in [-0.2, -0.15) is 0 Å². The van der Waals surface area contributed by atoms with E-state index in [1.54, 1.807) is 7.11 Å². The molecule has 1 aliphatic heterocycles. The van der Waals surface area contributed by atoms with Gasteiger partial charge in [0.1, 0.15) is 5.75 Å². The minimum Gasteiger partial charge on any atom is -0.497 e. The fourth-order valence-electron chi connectivity index (χ4n) is 4.25. The molecule has 0 aromatic heterocycles. The first-order valence-corrected chi connectivity index (χ1v) is 12.1. The van der Waals surface area contributed by atoms with Crippen molar-refractivity contribution < 1.29 is 14.3 Å². The molecule has 3 aromatic rings. The Hall–Kier alpha value is -3.80. The Balaban J connectivity index is 1.35. The number of nitrogens with one attached hydrogen (secondary N) is 1. The summed E-state index contributed by atoms with van der Waals surface area (Å²) in [5, 5.41) is 2.93. The summed E-state index contributed by atoms with van der Waals surface area (Å²) in [6.07, 6.45) is 1.19. The molecule has 182 valence electrons. The van der Waals surface area contributed by atoms with E-state index in [9.17, 15) is 9.59 Å². The lowest BCUT2D eigenvalue weighted by atomic mass is 10.0. The zero-order valence-electron chi connectivity index (χ0n) is 20.7. The Morgan fingerprint density at radius 3 is 2.20 bits per heavy atom. The van der Waals surface area contributed by atoms with Gasteiger partial charge in [-0.25, -0.2) is 4.79 Å². The molecule has 4 rings (SSSR count). The van der Waals surface area contributed by atoms with Crippen LogP contribution in [0.4, 0.5) is 16.2 Å². The highest BCUT2D eigenvalue weighted by molar-refractivity contribution is 5.94. The zero-order chi connectivity index (χ0) is 24.8. The average Bonchev–Trinajstić information content (AvgIpc) is 2.86. The maximum absolute atomic E-state index is 13.2. The predicted molar refractivity (Wildman–Crippen MR) is 140 cm³/mol. The Bertz CT molecular complexity index is 1140. The molecule has 1 N–H and O–H groups in total. The second-order valence-electron chi connectivity index (χ2n) is 9.23. The van der Waals surface area contributed by atoms with E-state index in [0.29, 0.717) is 24.7 Å². The maximum atomic E-state index is 13.2. The molecule has 6 heteroatoms. The number of anilines is 2. The topological polar surface area (TPSA) is 61.9 Å². The number of benzene rings is 3. The third kappa shape index (κ3) is 6.21. The molecule has 35 heavy (non-hydrogen) atoms. The smallest absolute Gasteiger partial charge is 0.324 e. The lowest BCUT2D eigenvalue weighted by Crippen LogP contribution is -2.49. The monoisotopic (exact) mass is 471 g/mol. The van der Waals surface area contributed by atoms with Crippen molar-refractivity contribution in [3.8, 4) is 5.75 Å². The third-order valence-corrected chi connectivity index (χ3v) is 6.32. The summed E-state index contributed by atoms with van der Waals surface area (Å²) in [4.78, 5) is 29.3. The SMILES string of the molecule is COc1ccc(CC(=O)Nc2ccc(N3CCCN(Cc4ccc(C(C)C)cc4)C3=O)cc2)cc1. The second kappa shape index (κ2) is 11.1. The van der Waals surface area contributed by atoms with E-state index in [4.69, 9.17) is 4.74 Å². The molecular weight excluding hydrogens is 438 g/mol. The molecule has 0 atom stereocenters. The van der Waals surface area contributed by atoms with Crippen LogP contribution in [0.5, 0.6) is 5.75 Å². The maximum Gasteiger partial charge on any atom is 0.324 e. The second-order valence-corrected chi connectivity index (χ2v) is 9.23. The summed E-state index contributed by atoms with van der Waals surface area (Å²) < 4.78 is 5.16. The first kappa shape index (κ1) is 24.3. The van der Waals surface area contributed by atoms with Gasteiger partial charge in [0.25, 0.3) is 0 Å². The van der Waals surface area contributed by atoms with Gasteiger partial charge in [-0.15, -0.1) is 0 Å². The summed E-state index contributed by atoms with van der Waals surface area (Å²) in [6, 6.07) is 23.5. The molecule has 0 spiro atoms. The van der Waals surface area contributed by atoms with Gasteiger partial charge in [-0.05, 0) is 65.4 Å². The number of ether oxygens (including phenoxy) is 1. The van der Waals surface area contributed by atoms with Crippen LogP contribution in [0, 0.1) is 0 Å². The van der Waals surface area contributed by atoms with Crippen molar-refractivity contribution in [2.24, 2.45) is 0 Å². The predicted octanol–water partition coefficient (Wildman–Crippen LogP) is 5.83. The van der Waals surface area contributed by atoms with Crippen LogP contribution >= 0.6 is 0 Å². The highest BCUT2D eigenvalue weighted by Crippen LogP contribution is 2.24. The molecule has 1 heterocycles. The van der Waals surface area contributed by atoms with E-state index in [0.717, 1.165) is 35.5 Å². The molecule has 0 aliphatic carbocycles. The van der Waals surface area contributed by atoms with Gasteiger partial charge < -0.3 is 15.0 Å². The first-order valence-electron chi connectivity index (χ1n) is 12.1. The zero-order valence-corrected chi connectivity index (χ0v) is 20.7. The number of hydrogen-bond acceptors (Lipinski definition) is 3. The minimum atomic E-state index is -0.0911. The van der Waals surface area contributed by atoms with Gasteiger partial charge in [0.2, 0.25) is 5.91 Å². The molecule has 0 saturated carbocycles. The first-order chi connectivity index (χ1) is 16.9. The lowest BCUT2D eigenvalue weighted by Gasteiger charge is -2.35. The van der Waals surface area contributed by atoms with Crippen molar-refractivity contribution in [1.29, 1.82) is 0 Å². The largest absolute Gasteiger partial charge is 0.497 e. The van der Waals surface area contributed by atoms with Crippen molar-refractivity contribution in [2.45, 2.75) is 39.2 Å².